The Labute approximate surface area is 140 Å². The number of amides is 1. The highest BCUT2D eigenvalue weighted by molar-refractivity contribution is 7.09. The van der Waals surface area contributed by atoms with Gasteiger partial charge in [0.15, 0.2) is 0 Å². The van der Waals surface area contributed by atoms with Gasteiger partial charge in [0.1, 0.15) is 5.75 Å². The van der Waals surface area contributed by atoms with Crippen LogP contribution in [0, 0.1) is 6.92 Å². The van der Waals surface area contributed by atoms with Crippen LogP contribution in [0.2, 0.25) is 0 Å². The van der Waals surface area contributed by atoms with Crippen molar-refractivity contribution in [1.82, 2.24) is 15.2 Å². The highest BCUT2D eigenvalue weighted by Gasteiger charge is 2.28. The van der Waals surface area contributed by atoms with Crippen molar-refractivity contribution in [2.75, 3.05) is 26.7 Å². The number of nitrogens with zero attached hydrogens (tertiary/aromatic N) is 2. The van der Waals surface area contributed by atoms with Gasteiger partial charge in [0.2, 0.25) is 5.91 Å². The van der Waals surface area contributed by atoms with Crippen LogP contribution in [0.1, 0.15) is 22.3 Å². The van der Waals surface area contributed by atoms with E-state index in [0.29, 0.717) is 6.42 Å². The molecule has 5 nitrogen and oxygen atoms in total. The summed E-state index contributed by atoms with van der Waals surface area (Å²) in [5.74, 6) is 0.964. The molecule has 2 aromatic rings. The number of ether oxygens (including phenoxy) is 1. The Morgan fingerprint density at radius 1 is 1.43 bits per heavy atom. The minimum Gasteiger partial charge on any atom is -0.497 e. The molecule has 0 radical (unpaired) electrons. The number of nitrogens with one attached hydrogen (secondary N) is 1. The maximum atomic E-state index is 12.7. The zero-order valence-corrected chi connectivity index (χ0v) is 14.2. The topological polar surface area (TPSA) is 54.5 Å². The Bertz CT molecular complexity index is 669. The Morgan fingerprint density at radius 3 is 2.87 bits per heavy atom. The average molecular weight is 331 g/mol. The van der Waals surface area contributed by atoms with Crippen LogP contribution in [0.3, 0.4) is 0 Å². The van der Waals surface area contributed by atoms with Gasteiger partial charge >= 0.3 is 0 Å². The van der Waals surface area contributed by atoms with Gasteiger partial charge in [-0.3, -0.25) is 4.79 Å². The molecule has 3 rings (SSSR count). The molecule has 122 valence electrons. The van der Waals surface area contributed by atoms with E-state index < -0.39 is 0 Å². The molecule has 0 aliphatic carbocycles. The second kappa shape index (κ2) is 7.10. The monoisotopic (exact) mass is 331 g/mol. The molecule has 1 aliphatic rings. The molecule has 1 N–H and O–H groups in total. The van der Waals surface area contributed by atoms with Crippen molar-refractivity contribution in [3.05, 3.63) is 45.9 Å². The van der Waals surface area contributed by atoms with E-state index in [1.807, 2.05) is 41.5 Å². The standard InChI is InChI=1S/C17H21N3O2S/c1-12-19-14(11-23-12)9-17(21)20-8-7-18-10-16(20)13-3-5-15(22-2)6-4-13/h3-6,11,16,18H,7-10H2,1-2H3. The number of carbonyl (C=O) groups excluding carboxylic acids is 1. The molecule has 23 heavy (non-hydrogen) atoms. The van der Waals surface area contributed by atoms with Crippen LogP contribution >= 0.6 is 11.3 Å². The van der Waals surface area contributed by atoms with E-state index in [0.717, 1.165) is 41.6 Å². The molecular weight excluding hydrogens is 310 g/mol. The maximum absolute atomic E-state index is 12.7. The van der Waals surface area contributed by atoms with Gasteiger partial charge in [-0.1, -0.05) is 12.1 Å². The van der Waals surface area contributed by atoms with E-state index in [2.05, 4.69) is 10.3 Å². The number of aryl methyl sites for hydroxylation is 1. The van der Waals surface area contributed by atoms with Crippen molar-refractivity contribution in [2.24, 2.45) is 0 Å². The third-order valence-corrected chi connectivity index (χ3v) is 4.89. The highest BCUT2D eigenvalue weighted by Crippen LogP contribution is 2.25. The van der Waals surface area contributed by atoms with Gasteiger partial charge in [0.05, 0.1) is 30.3 Å². The summed E-state index contributed by atoms with van der Waals surface area (Å²) in [6.07, 6.45) is 0.372. The van der Waals surface area contributed by atoms with Crippen LogP contribution < -0.4 is 10.1 Å². The molecule has 1 saturated heterocycles. The molecule has 1 aromatic carbocycles. The number of rotatable bonds is 4. The number of hydrogen-bond acceptors (Lipinski definition) is 5. The predicted molar refractivity (Wildman–Crippen MR) is 90.9 cm³/mol. The largest absolute Gasteiger partial charge is 0.497 e. The first-order chi connectivity index (χ1) is 11.2. The summed E-state index contributed by atoms with van der Waals surface area (Å²) in [5, 5.41) is 6.35. The molecule has 2 heterocycles. The Balaban J connectivity index is 1.75. The fourth-order valence-electron chi connectivity index (χ4n) is 2.87. The zero-order chi connectivity index (χ0) is 16.2. The molecule has 1 atom stereocenters. The van der Waals surface area contributed by atoms with Gasteiger partial charge in [0.25, 0.3) is 0 Å². The third kappa shape index (κ3) is 3.71. The summed E-state index contributed by atoms with van der Waals surface area (Å²) in [4.78, 5) is 19.1. The Hall–Kier alpha value is -1.92. The minimum atomic E-state index is 0.0573. The van der Waals surface area contributed by atoms with E-state index in [-0.39, 0.29) is 11.9 Å². The van der Waals surface area contributed by atoms with Crippen molar-refractivity contribution in [2.45, 2.75) is 19.4 Å². The SMILES string of the molecule is COc1ccc(C2CNCCN2C(=O)Cc2csc(C)n2)cc1. The molecule has 1 aromatic heterocycles. The van der Waals surface area contributed by atoms with Crippen molar-refractivity contribution < 1.29 is 9.53 Å². The lowest BCUT2D eigenvalue weighted by Gasteiger charge is -2.36. The van der Waals surface area contributed by atoms with Gasteiger partial charge in [-0.25, -0.2) is 4.98 Å². The first-order valence-electron chi connectivity index (χ1n) is 7.72. The lowest BCUT2D eigenvalue weighted by atomic mass is 10.0. The van der Waals surface area contributed by atoms with Crippen LogP contribution in [0.25, 0.3) is 0 Å². The van der Waals surface area contributed by atoms with Gasteiger partial charge in [-0.15, -0.1) is 11.3 Å². The number of thiazole rings is 1. The van der Waals surface area contributed by atoms with E-state index in [1.165, 1.54) is 0 Å². The van der Waals surface area contributed by atoms with E-state index in [9.17, 15) is 4.79 Å². The second-order valence-corrected chi connectivity index (χ2v) is 6.68. The van der Waals surface area contributed by atoms with E-state index >= 15 is 0 Å². The predicted octanol–water partition coefficient (Wildman–Crippen LogP) is 2.18. The number of benzene rings is 1. The summed E-state index contributed by atoms with van der Waals surface area (Å²) < 4.78 is 5.21. The molecule has 1 fully saturated rings. The number of hydrogen-bond donors (Lipinski definition) is 1. The van der Waals surface area contributed by atoms with Crippen LogP contribution in [0.15, 0.2) is 29.6 Å². The van der Waals surface area contributed by atoms with E-state index in [4.69, 9.17) is 4.74 Å². The second-order valence-electron chi connectivity index (χ2n) is 5.61. The first-order valence-corrected chi connectivity index (χ1v) is 8.60. The number of methoxy groups -OCH3 is 1. The molecule has 0 bridgehead atoms. The van der Waals surface area contributed by atoms with Crippen molar-refractivity contribution in [3.63, 3.8) is 0 Å². The Kier molecular flexibility index (Phi) is 4.93. The number of piperazine rings is 1. The van der Waals surface area contributed by atoms with Gasteiger partial charge < -0.3 is 15.0 Å². The maximum Gasteiger partial charge on any atom is 0.229 e. The van der Waals surface area contributed by atoms with Gasteiger partial charge in [-0.05, 0) is 24.6 Å². The van der Waals surface area contributed by atoms with Crippen LogP contribution in [0.5, 0.6) is 5.75 Å². The molecule has 1 unspecified atom stereocenters. The van der Waals surface area contributed by atoms with Crippen molar-refractivity contribution in [1.29, 1.82) is 0 Å². The summed E-state index contributed by atoms with van der Waals surface area (Å²) in [6, 6.07) is 8.00. The highest BCUT2D eigenvalue weighted by atomic mass is 32.1. The zero-order valence-electron chi connectivity index (χ0n) is 13.4. The lowest BCUT2D eigenvalue weighted by molar-refractivity contribution is -0.133. The summed E-state index contributed by atoms with van der Waals surface area (Å²) in [6.45, 7) is 4.28. The minimum absolute atomic E-state index is 0.0573. The fraction of sp³-hybridized carbons (Fsp3) is 0.412. The summed E-state index contributed by atoms with van der Waals surface area (Å²) in [7, 11) is 1.66. The third-order valence-electron chi connectivity index (χ3n) is 4.06. The van der Waals surface area contributed by atoms with Crippen LogP contribution in [-0.2, 0) is 11.2 Å². The van der Waals surface area contributed by atoms with Gasteiger partial charge in [0, 0.05) is 25.0 Å². The Morgan fingerprint density at radius 2 is 2.22 bits per heavy atom. The summed E-state index contributed by atoms with van der Waals surface area (Å²) in [5.41, 5.74) is 1.99. The number of aromatic nitrogens is 1. The fourth-order valence-corrected chi connectivity index (χ4v) is 3.49. The molecular formula is C17H21N3O2S. The molecule has 0 spiro atoms. The number of carbonyl (C=O) groups is 1. The lowest BCUT2D eigenvalue weighted by Crippen LogP contribution is -2.49. The molecule has 1 amide bonds. The average Bonchev–Trinajstić information content (AvgIpc) is 3.00. The smallest absolute Gasteiger partial charge is 0.229 e. The van der Waals surface area contributed by atoms with Crippen LogP contribution in [0.4, 0.5) is 0 Å². The molecule has 0 saturated carbocycles. The van der Waals surface area contributed by atoms with Crippen LogP contribution in [-0.4, -0.2) is 42.5 Å². The molecule has 6 heteroatoms. The normalized spacial score (nSPS) is 18.0. The van der Waals surface area contributed by atoms with Crippen molar-refractivity contribution in [3.8, 4) is 5.75 Å². The van der Waals surface area contributed by atoms with Crippen molar-refractivity contribution >= 4 is 17.2 Å². The quantitative estimate of drug-likeness (QED) is 0.933. The van der Waals surface area contributed by atoms with Gasteiger partial charge in [-0.2, -0.15) is 0 Å². The first kappa shape index (κ1) is 16.0. The molecule has 1 aliphatic heterocycles. The van der Waals surface area contributed by atoms with E-state index in [1.54, 1.807) is 18.4 Å². The summed E-state index contributed by atoms with van der Waals surface area (Å²) >= 11 is 1.59.